The van der Waals surface area contributed by atoms with Crippen LogP contribution in [0.3, 0.4) is 0 Å². The molecule has 2 heterocycles. The molecule has 0 spiro atoms. The maximum Gasteiger partial charge on any atom is 0.416 e. The van der Waals surface area contributed by atoms with E-state index in [4.69, 9.17) is 0 Å². The first kappa shape index (κ1) is 19.2. The summed E-state index contributed by atoms with van der Waals surface area (Å²) in [5.74, 6) is 0.717. The Morgan fingerprint density at radius 1 is 1.23 bits per heavy atom. The fourth-order valence-corrected chi connectivity index (χ4v) is 5.64. The minimum absolute atomic E-state index is 0.0814. The van der Waals surface area contributed by atoms with Gasteiger partial charge in [0.2, 0.25) is 0 Å². The highest BCUT2D eigenvalue weighted by Gasteiger charge is 2.33. The Kier molecular flexibility index (Phi) is 5.08. The Labute approximate surface area is 153 Å². The Hall–Kier alpha value is -1.55. The predicted molar refractivity (Wildman–Crippen MR) is 92.7 cm³/mol. The van der Waals surface area contributed by atoms with E-state index in [0.717, 1.165) is 17.7 Å². The molecule has 142 valence electrons. The van der Waals surface area contributed by atoms with E-state index in [1.54, 1.807) is 11.6 Å². The zero-order valence-electron chi connectivity index (χ0n) is 14.2. The molecule has 5 nitrogen and oxygen atoms in total. The average molecular weight is 405 g/mol. The molecule has 0 bridgehead atoms. The Morgan fingerprint density at radius 2 is 1.88 bits per heavy atom. The first-order chi connectivity index (χ1) is 12.1. The summed E-state index contributed by atoms with van der Waals surface area (Å²) in [5, 5.41) is 8.75. The van der Waals surface area contributed by atoms with Gasteiger partial charge in [-0.1, -0.05) is 23.9 Å². The number of halogens is 3. The van der Waals surface area contributed by atoms with Crippen molar-refractivity contribution in [3.05, 3.63) is 41.2 Å². The smallest absolute Gasteiger partial charge is 0.309 e. The molecule has 10 heteroatoms. The second-order valence-corrected chi connectivity index (χ2v) is 9.92. The summed E-state index contributed by atoms with van der Waals surface area (Å²) in [5.41, 5.74) is 0.0674. The fourth-order valence-electron chi connectivity index (χ4n) is 2.95. The second-order valence-electron chi connectivity index (χ2n) is 6.38. The maximum atomic E-state index is 12.7. The van der Waals surface area contributed by atoms with E-state index >= 15 is 0 Å². The van der Waals surface area contributed by atoms with Crippen molar-refractivity contribution in [3.63, 3.8) is 0 Å². The van der Waals surface area contributed by atoms with Gasteiger partial charge in [0, 0.05) is 18.2 Å². The van der Waals surface area contributed by atoms with Gasteiger partial charge in [0.1, 0.15) is 5.82 Å². The summed E-state index contributed by atoms with van der Waals surface area (Å²) in [4.78, 5) is 0. The van der Waals surface area contributed by atoms with Crippen molar-refractivity contribution in [2.75, 3.05) is 11.5 Å². The zero-order chi connectivity index (χ0) is 19.1. The molecule has 1 aliphatic rings. The van der Waals surface area contributed by atoms with E-state index < -0.39 is 21.6 Å². The molecule has 26 heavy (non-hydrogen) atoms. The lowest BCUT2D eigenvalue weighted by Crippen LogP contribution is -2.09. The van der Waals surface area contributed by atoms with Crippen LogP contribution in [0.5, 0.6) is 0 Å². The Morgan fingerprint density at radius 3 is 2.42 bits per heavy atom. The van der Waals surface area contributed by atoms with Gasteiger partial charge in [0.05, 0.1) is 17.1 Å². The molecule has 2 unspecified atom stereocenters. The topological polar surface area (TPSA) is 64.8 Å². The predicted octanol–water partition coefficient (Wildman–Crippen LogP) is 3.59. The van der Waals surface area contributed by atoms with Crippen LogP contribution in [0.4, 0.5) is 13.2 Å². The van der Waals surface area contributed by atoms with E-state index in [1.807, 2.05) is 6.92 Å². The lowest BCUT2D eigenvalue weighted by atomic mass is 10.1. The SMILES string of the molecule is CC(Sc1nnc(C2CCS(=O)(=O)C2)n1C)c1ccc(C(F)(F)F)cc1. The number of alkyl halides is 3. The van der Waals surface area contributed by atoms with Crippen LogP contribution in [-0.2, 0) is 23.1 Å². The van der Waals surface area contributed by atoms with Crippen molar-refractivity contribution in [1.29, 1.82) is 0 Å². The van der Waals surface area contributed by atoms with Crippen LogP contribution >= 0.6 is 11.8 Å². The van der Waals surface area contributed by atoms with Crippen molar-refractivity contribution in [3.8, 4) is 0 Å². The molecule has 0 radical (unpaired) electrons. The van der Waals surface area contributed by atoms with Crippen LogP contribution in [0.2, 0.25) is 0 Å². The van der Waals surface area contributed by atoms with Crippen molar-refractivity contribution in [2.45, 2.75) is 35.8 Å². The van der Waals surface area contributed by atoms with Gasteiger partial charge in [-0.25, -0.2) is 8.42 Å². The third-order valence-electron chi connectivity index (χ3n) is 4.46. The largest absolute Gasteiger partial charge is 0.416 e. The van der Waals surface area contributed by atoms with E-state index in [1.165, 1.54) is 23.9 Å². The number of benzene rings is 1. The van der Waals surface area contributed by atoms with E-state index in [2.05, 4.69) is 10.2 Å². The minimum Gasteiger partial charge on any atom is -0.309 e. The highest BCUT2D eigenvalue weighted by atomic mass is 32.2. The molecule has 0 N–H and O–H groups in total. The molecule has 3 rings (SSSR count). The fraction of sp³-hybridized carbons (Fsp3) is 0.500. The van der Waals surface area contributed by atoms with Crippen molar-refractivity contribution < 1.29 is 21.6 Å². The van der Waals surface area contributed by atoms with Gasteiger partial charge in [0.25, 0.3) is 0 Å². The maximum absolute atomic E-state index is 12.7. The number of nitrogens with zero attached hydrogens (tertiary/aromatic N) is 3. The first-order valence-corrected chi connectivity index (χ1v) is 10.7. The summed E-state index contributed by atoms with van der Waals surface area (Å²) < 4.78 is 63.0. The molecule has 0 saturated carbocycles. The lowest BCUT2D eigenvalue weighted by Gasteiger charge is -2.13. The van der Waals surface area contributed by atoms with Gasteiger partial charge < -0.3 is 4.57 Å². The van der Waals surface area contributed by atoms with Crippen LogP contribution in [0, 0.1) is 0 Å². The lowest BCUT2D eigenvalue weighted by molar-refractivity contribution is -0.137. The molecule has 2 aromatic rings. The van der Waals surface area contributed by atoms with Gasteiger partial charge in [-0.05, 0) is 31.0 Å². The highest BCUT2D eigenvalue weighted by Crippen LogP contribution is 2.37. The number of hydrogen-bond acceptors (Lipinski definition) is 5. The van der Waals surface area contributed by atoms with Crippen molar-refractivity contribution >= 4 is 21.6 Å². The van der Waals surface area contributed by atoms with Gasteiger partial charge >= 0.3 is 6.18 Å². The molecule has 1 fully saturated rings. The zero-order valence-corrected chi connectivity index (χ0v) is 15.8. The molecule has 1 saturated heterocycles. The molecule has 0 aliphatic carbocycles. The van der Waals surface area contributed by atoms with E-state index in [9.17, 15) is 21.6 Å². The average Bonchev–Trinajstić information content (AvgIpc) is 3.09. The summed E-state index contributed by atoms with van der Waals surface area (Å²) in [7, 11) is -1.23. The number of rotatable bonds is 4. The molecule has 1 aromatic heterocycles. The van der Waals surface area contributed by atoms with E-state index in [0.29, 0.717) is 17.4 Å². The minimum atomic E-state index is -4.35. The molecule has 1 aliphatic heterocycles. The number of thioether (sulfide) groups is 1. The van der Waals surface area contributed by atoms with Crippen LogP contribution in [0.25, 0.3) is 0 Å². The summed E-state index contributed by atoms with van der Waals surface area (Å²) >= 11 is 1.37. The summed E-state index contributed by atoms with van der Waals surface area (Å²) in [6.07, 6.45) is -3.82. The highest BCUT2D eigenvalue weighted by molar-refractivity contribution is 7.99. The van der Waals surface area contributed by atoms with Gasteiger partial charge in [-0.3, -0.25) is 0 Å². The van der Waals surface area contributed by atoms with Gasteiger partial charge in [-0.15, -0.1) is 10.2 Å². The van der Waals surface area contributed by atoms with Crippen LogP contribution < -0.4 is 0 Å². The third kappa shape index (κ3) is 4.06. The van der Waals surface area contributed by atoms with Crippen LogP contribution in [0.1, 0.15) is 41.5 Å². The molecular formula is C16H18F3N3O2S2. The summed E-state index contributed by atoms with van der Waals surface area (Å²) in [6.45, 7) is 1.88. The Balaban J connectivity index is 1.73. The number of sulfone groups is 1. The molecule has 0 amide bonds. The first-order valence-electron chi connectivity index (χ1n) is 8.00. The monoisotopic (exact) mass is 405 g/mol. The van der Waals surface area contributed by atoms with Crippen LogP contribution in [-0.4, -0.2) is 34.7 Å². The number of hydrogen-bond donors (Lipinski definition) is 0. The van der Waals surface area contributed by atoms with Crippen molar-refractivity contribution in [1.82, 2.24) is 14.8 Å². The van der Waals surface area contributed by atoms with Gasteiger partial charge in [-0.2, -0.15) is 13.2 Å². The third-order valence-corrected chi connectivity index (χ3v) is 7.42. The summed E-state index contributed by atoms with van der Waals surface area (Å²) in [6, 6.07) is 5.05. The number of aromatic nitrogens is 3. The van der Waals surface area contributed by atoms with E-state index in [-0.39, 0.29) is 22.7 Å². The quantitative estimate of drug-likeness (QED) is 0.728. The van der Waals surface area contributed by atoms with Crippen LogP contribution in [0.15, 0.2) is 29.4 Å². The molecule has 2 atom stereocenters. The Bertz CT molecular complexity index is 892. The van der Waals surface area contributed by atoms with Crippen molar-refractivity contribution in [2.24, 2.45) is 7.05 Å². The second kappa shape index (κ2) is 6.88. The van der Waals surface area contributed by atoms with Gasteiger partial charge in [0.15, 0.2) is 15.0 Å². The standard InChI is InChI=1S/C16H18F3N3O2S2/c1-10(11-3-5-13(6-4-11)16(17,18)19)25-15-21-20-14(22(15)2)12-7-8-26(23,24)9-12/h3-6,10,12H,7-9H2,1-2H3. The normalized spacial score (nSPS) is 21.0. The molecule has 1 aromatic carbocycles. The molecular weight excluding hydrogens is 387 g/mol.